The van der Waals surface area contributed by atoms with E-state index in [0.29, 0.717) is 16.3 Å². The number of carbonyl (C=O) groups is 2. The van der Waals surface area contributed by atoms with Crippen LogP contribution in [0.15, 0.2) is 78.7 Å². The van der Waals surface area contributed by atoms with Gasteiger partial charge in [0, 0.05) is 47.1 Å². The summed E-state index contributed by atoms with van der Waals surface area (Å²) >= 11 is 1.23. The van der Waals surface area contributed by atoms with E-state index < -0.39 is 53.9 Å². The fraction of sp³-hybridized carbons (Fsp3) is 0.278. The highest BCUT2D eigenvalue weighted by Gasteiger charge is 2.43. The van der Waals surface area contributed by atoms with Crippen LogP contribution in [-0.4, -0.2) is 52.6 Å². The van der Waals surface area contributed by atoms with E-state index in [0.717, 1.165) is 28.7 Å². The number of nitrogens with one attached hydrogen (secondary N) is 1. The summed E-state index contributed by atoms with van der Waals surface area (Å²) < 4.78 is 58.0. The molecule has 1 amide bonds. The van der Waals surface area contributed by atoms with Crippen LogP contribution in [0.3, 0.4) is 0 Å². The van der Waals surface area contributed by atoms with Crippen molar-refractivity contribution in [2.45, 2.75) is 44.7 Å². The van der Waals surface area contributed by atoms with Gasteiger partial charge in [-0.3, -0.25) is 9.69 Å². The Bertz CT molecular complexity index is 2110. The maximum absolute atomic E-state index is 15.3. The average Bonchev–Trinajstić information content (AvgIpc) is 3.82. The lowest BCUT2D eigenvalue weighted by Gasteiger charge is -2.32. The summed E-state index contributed by atoms with van der Waals surface area (Å²) in [6.45, 7) is 2.34. The molecule has 0 radical (unpaired) electrons. The molecule has 2 aromatic heterocycles. The molecule has 0 aliphatic rings. The monoisotopic (exact) mass is 769 g/mol. The molecule has 0 fully saturated rings. The third kappa shape index (κ3) is 9.18. The zero-order valence-corrected chi connectivity index (χ0v) is 30.5. The first-order valence-corrected chi connectivity index (χ1v) is 16.8. The van der Waals surface area contributed by atoms with Crippen LogP contribution in [0.1, 0.15) is 47.7 Å². The SMILES string of the molecule is CNCC(=O)OCc1c(F)cccc1N(C)C(=O)OC(C)[n+]1cnn(C[C@](O)(c2cc(F)ccc2F)[C@@H](C)c2nc(-c3ccc(C#N)cc3)cs2)c1.[Cl-]. The first-order chi connectivity index (χ1) is 24.8. The van der Waals surface area contributed by atoms with Crippen molar-refractivity contribution in [1.29, 1.82) is 5.26 Å². The van der Waals surface area contributed by atoms with E-state index in [2.05, 4.69) is 21.5 Å². The second-order valence-corrected chi connectivity index (χ2v) is 12.8. The highest BCUT2D eigenvalue weighted by Crippen LogP contribution is 2.41. The highest BCUT2D eigenvalue weighted by molar-refractivity contribution is 7.10. The number of rotatable bonds is 13. The maximum Gasteiger partial charge on any atom is 0.416 e. The summed E-state index contributed by atoms with van der Waals surface area (Å²) in [7, 11) is 2.93. The molecule has 3 aromatic carbocycles. The van der Waals surface area contributed by atoms with Crippen LogP contribution < -0.4 is 27.2 Å². The Balaban J connectivity index is 0.00000627. The van der Waals surface area contributed by atoms with Crippen molar-refractivity contribution in [3.8, 4) is 17.3 Å². The van der Waals surface area contributed by atoms with Gasteiger partial charge in [-0.2, -0.15) is 9.83 Å². The molecule has 0 spiro atoms. The standard InChI is InChI=1S/C36H35F3N7O5S.ClH/c1-22(34-43-31(18-52-34)25-10-8-24(15-40)9-11-25)36(49,28-14-26(37)12-13-30(28)39)19-46-21-45(20-42-46)23(2)51-35(48)44(4)32-7-5-6-29(38)27(32)17-50-33(47)16-41-3;/h5-14,18,20-23,41,49H,16-17,19H2,1-4H3;1H/q+1;/p-1/t22-,23?,36+;/m0./s1. The lowest BCUT2D eigenvalue weighted by Crippen LogP contribution is -3.00. The number of nitrogens with zero attached hydrogens (tertiary/aromatic N) is 6. The number of esters is 1. The third-order valence-electron chi connectivity index (χ3n) is 8.44. The van der Waals surface area contributed by atoms with E-state index in [1.54, 1.807) is 50.5 Å². The summed E-state index contributed by atoms with van der Waals surface area (Å²) in [5.41, 5.74) is -0.482. The van der Waals surface area contributed by atoms with Crippen molar-refractivity contribution >= 4 is 29.1 Å². The molecule has 53 heavy (non-hydrogen) atoms. The number of halogens is 4. The van der Waals surface area contributed by atoms with Gasteiger partial charge in [-0.25, -0.2) is 22.9 Å². The number of likely N-dealkylation sites (N-methyl/N-ethyl adjacent to an activating group) is 1. The first kappa shape index (κ1) is 40.4. The normalized spacial score (nSPS) is 13.2. The molecular weight excluding hydrogens is 735 g/mol. The van der Waals surface area contributed by atoms with Crippen LogP contribution in [0.2, 0.25) is 0 Å². The fourth-order valence-corrected chi connectivity index (χ4v) is 6.39. The first-order valence-electron chi connectivity index (χ1n) is 15.9. The second-order valence-electron chi connectivity index (χ2n) is 11.9. The van der Waals surface area contributed by atoms with Crippen LogP contribution in [0.25, 0.3) is 11.3 Å². The van der Waals surface area contributed by atoms with Crippen molar-refractivity contribution in [3.63, 3.8) is 0 Å². The largest absolute Gasteiger partial charge is 1.00 e. The minimum atomic E-state index is -2.07. The number of thiazole rings is 1. The number of benzene rings is 3. The molecule has 2 heterocycles. The molecule has 1 unspecified atom stereocenters. The van der Waals surface area contributed by atoms with Gasteiger partial charge in [0.2, 0.25) is 12.6 Å². The van der Waals surface area contributed by atoms with Gasteiger partial charge in [0.05, 0.1) is 34.6 Å². The number of nitriles is 1. The molecule has 5 aromatic rings. The molecular formula is C36H35ClF3N7O5S. The Kier molecular flexibility index (Phi) is 13.3. The quantitative estimate of drug-likeness (QED) is 0.136. The maximum atomic E-state index is 15.3. The van der Waals surface area contributed by atoms with E-state index in [1.807, 2.05) is 0 Å². The summed E-state index contributed by atoms with van der Waals surface area (Å²) in [6.07, 6.45) is 0.909. The summed E-state index contributed by atoms with van der Waals surface area (Å²) in [6, 6.07) is 15.7. The minimum absolute atomic E-state index is 0. The molecule has 0 saturated carbocycles. The Morgan fingerprint density at radius 3 is 2.57 bits per heavy atom. The lowest BCUT2D eigenvalue weighted by atomic mass is 9.82. The average molecular weight is 770 g/mol. The van der Waals surface area contributed by atoms with Crippen LogP contribution >= 0.6 is 11.3 Å². The molecule has 5 rings (SSSR count). The number of aromatic nitrogens is 4. The fourth-order valence-electron chi connectivity index (χ4n) is 5.42. The number of anilines is 1. The van der Waals surface area contributed by atoms with Crippen LogP contribution in [0, 0.1) is 28.8 Å². The van der Waals surface area contributed by atoms with Gasteiger partial charge < -0.3 is 32.3 Å². The Hall–Kier alpha value is -5.34. The topological polar surface area (TPSA) is 146 Å². The predicted molar refractivity (Wildman–Crippen MR) is 183 cm³/mol. The van der Waals surface area contributed by atoms with Gasteiger partial charge in [0.25, 0.3) is 6.33 Å². The van der Waals surface area contributed by atoms with Crippen molar-refractivity contribution in [2.75, 3.05) is 25.5 Å². The van der Waals surface area contributed by atoms with E-state index in [4.69, 9.17) is 14.7 Å². The predicted octanol–water partition coefficient (Wildman–Crippen LogP) is 2.33. The van der Waals surface area contributed by atoms with Gasteiger partial charge in [-0.1, -0.05) is 25.1 Å². The molecule has 0 aliphatic heterocycles. The molecule has 3 atom stereocenters. The Morgan fingerprint density at radius 1 is 1.13 bits per heavy atom. The van der Waals surface area contributed by atoms with E-state index in [9.17, 15) is 23.5 Å². The van der Waals surface area contributed by atoms with Crippen LogP contribution in [0.4, 0.5) is 23.7 Å². The number of aliphatic hydroxyl groups is 1. The zero-order valence-electron chi connectivity index (χ0n) is 29.0. The molecule has 278 valence electrons. The van der Waals surface area contributed by atoms with Crippen molar-refractivity contribution in [2.24, 2.45) is 0 Å². The molecule has 17 heteroatoms. The number of carbonyl (C=O) groups excluding carboxylic acids is 2. The third-order valence-corrected chi connectivity index (χ3v) is 9.46. The summed E-state index contributed by atoms with van der Waals surface area (Å²) in [5.74, 6) is -3.75. The summed E-state index contributed by atoms with van der Waals surface area (Å²) in [4.78, 5) is 30.8. The molecule has 2 N–H and O–H groups in total. The van der Waals surface area contributed by atoms with Crippen molar-refractivity contribution < 1.29 is 54.3 Å². The van der Waals surface area contributed by atoms with Gasteiger partial charge in [0.15, 0.2) is 0 Å². The smallest absolute Gasteiger partial charge is 0.416 e. The number of hydrogen-bond acceptors (Lipinski definition) is 10. The van der Waals surface area contributed by atoms with Crippen LogP contribution in [-0.2, 0) is 33.0 Å². The zero-order chi connectivity index (χ0) is 37.6. The Labute approximate surface area is 313 Å². The van der Waals surface area contributed by atoms with E-state index in [-0.39, 0.29) is 42.3 Å². The molecule has 0 bridgehead atoms. The van der Waals surface area contributed by atoms with Gasteiger partial charge in [0.1, 0.15) is 36.2 Å². The van der Waals surface area contributed by atoms with Gasteiger partial charge in [-0.05, 0) is 49.5 Å². The molecule has 12 nitrogen and oxygen atoms in total. The van der Waals surface area contributed by atoms with Gasteiger partial charge in [-0.15, -0.1) is 16.0 Å². The number of amides is 1. The van der Waals surface area contributed by atoms with Crippen molar-refractivity contribution in [3.05, 3.63) is 118 Å². The van der Waals surface area contributed by atoms with E-state index in [1.165, 1.54) is 58.5 Å². The lowest BCUT2D eigenvalue weighted by molar-refractivity contribution is -0.753. The molecule has 0 aliphatic carbocycles. The second kappa shape index (κ2) is 17.5. The number of hydrogen-bond donors (Lipinski definition) is 2. The Morgan fingerprint density at radius 2 is 1.87 bits per heavy atom. The minimum Gasteiger partial charge on any atom is -1.00 e. The van der Waals surface area contributed by atoms with E-state index >= 15 is 4.39 Å². The van der Waals surface area contributed by atoms with Crippen LogP contribution in [0.5, 0.6) is 0 Å². The number of ether oxygens (including phenoxy) is 2. The summed E-state index contributed by atoms with van der Waals surface area (Å²) in [5, 5.41) is 30.5. The van der Waals surface area contributed by atoms with Crippen molar-refractivity contribution in [1.82, 2.24) is 20.1 Å². The highest BCUT2D eigenvalue weighted by atomic mass is 35.5. The van der Waals surface area contributed by atoms with Gasteiger partial charge >= 0.3 is 12.1 Å². The molecule has 0 saturated heterocycles.